The van der Waals surface area contributed by atoms with Crippen molar-refractivity contribution in [3.63, 3.8) is 0 Å². The highest BCUT2D eigenvalue weighted by molar-refractivity contribution is 6.18. The Balaban J connectivity index is 1.11. The van der Waals surface area contributed by atoms with Gasteiger partial charge in [0.25, 0.3) is 0 Å². The molecule has 0 saturated carbocycles. The summed E-state index contributed by atoms with van der Waals surface area (Å²) in [5, 5.41) is 4.58. The fraction of sp³-hybridized carbons (Fsp3) is 0. The van der Waals surface area contributed by atoms with Crippen LogP contribution in [0.1, 0.15) is 0 Å². The van der Waals surface area contributed by atoms with E-state index in [0.717, 1.165) is 50.1 Å². The third-order valence-corrected chi connectivity index (χ3v) is 10.5. The zero-order chi connectivity index (χ0) is 35.8. The minimum atomic E-state index is 0.853. The number of hydrogen-bond acceptors (Lipinski definition) is 2. The van der Waals surface area contributed by atoms with Crippen LogP contribution in [-0.4, -0.2) is 0 Å². The number of benzene rings is 9. The van der Waals surface area contributed by atoms with Gasteiger partial charge in [-0.15, -0.1) is 0 Å². The Hall–Kier alpha value is -7.16. The topological polar surface area (TPSA) is 16.4 Å². The molecule has 0 spiro atoms. The van der Waals surface area contributed by atoms with Crippen molar-refractivity contribution in [3.8, 4) is 44.5 Å². The molecule has 1 heterocycles. The lowest BCUT2D eigenvalue weighted by molar-refractivity contribution is 0.670. The van der Waals surface area contributed by atoms with Gasteiger partial charge in [0.1, 0.15) is 11.2 Å². The Bertz CT molecular complexity index is 2790. The third kappa shape index (κ3) is 5.71. The van der Waals surface area contributed by atoms with Gasteiger partial charge in [0.15, 0.2) is 0 Å². The van der Waals surface area contributed by atoms with E-state index in [2.05, 4.69) is 217 Å². The largest absolute Gasteiger partial charge is 0.455 e. The summed E-state index contributed by atoms with van der Waals surface area (Å²) in [6, 6.07) is 75.6. The molecule has 0 aliphatic heterocycles. The molecule has 54 heavy (non-hydrogen) atoms. The molecule has 0 unspecified atom stereocenters. The van der Waals surface area contributed by atoms with Crippen LogP contribution < -0.4 is 4.90 Å². The van der Waals surface area contributed by atoms with Crippen LogP contribution in [0.15, 0.2) is 217 Å². The van der Waals surface area contributed by atoms with Gasteiger partial charge in [-0.05, 0) is 92.2 Å². The first-order valence-corrected chi connectivity index (χ1v) is 18.4. The first-order chi connectivity index (χ1) is 26.8. The second-order valence-electron chi connectivity index (χ2n) is 13.7. The van der Waals surface area contributed by atoms with E-state index in [9.17, 15) is 0 Å². The number of anilines is 3. The first-order valence-electron chi connectivity index (χ1n) is 18.4. The molecule has 10 aromatic rings. The van der Waals surface area contributed by atoms with Crippen LogP contribution in [0, 0.1) is 0 Å². The zero-order valence-electron chi connectivity index (χ0n) is 29.6. The van der Waals surface area contributed by atoms with Crippen LogP contribution in [0.25, 0.3) is 77.2 Å². The van der Waals surface area contributed by atoms with Crippen molar-refractivity contribution < 1.29 is 4.42 Å². The number of nitrogens with zero attached hydrogens (tertiary/aromatic N) is 1. The third-order valence-electron chi connectivity index (χ3n) is 10.5. The Morgan fingerprint density at radius 1 is 0.296 bits per heavy atom. The summed E-state index contributed by atoms with van der Waals surface area (Å²) in [6.07, 6.45) is 0. The van der Waals surface area contributed by atoms with E-state index in [0.29, 0.717) is 0 Å². The highest BCUT2D eigenvalue weighted by atomic mass is 16.3. The van der Waals surface area contributed by atoms with Gasteiger partial charge in [-0.1, -0.05) is 164 Å². The van der Waals surface area contributed by atoms with Crippen molar-refractivity contribution in [2.75, 3.05) is 4.90 Å². The number of fused-ring (bicyclic) bond motifs is 4. The van der Waals surface area contributed by atoms with Crippen molar-refractivity contribution in [2.45, 2.75) is 0 Å². The minimum Gasteiger partial charge on any atom is -0.455 e. The van der Waals surface area contributed by atoms with E-state index in [1.807, 2.05) is 0 Å². The van der Waals surface area contributed by atoms with Crippen molar-refractivity contribution in [1.82, 2.24) is 0 Å². The molecule has 2 nitrogen and oxygen atoms in total. The zero-order valence-corrected chi connectivity index (χ0v) is 29.6. The molecule has 254 valence electrons. The van der Waals surface area contributed by atoms with E-state index >= 15 is 0 Å². The van der Waals surface area contributed by atoms with E-state index in [-0.39, 0.29) is 0 Å². The molecule has 1 aromatic heterocycles. The lowest BCUT2D eigenvalue weighted by Crippen LogP contribution is -2.09. The molecule has 0 amide bonds. The summed E-state index contributed by atoms with van der Waals surface area (Å²) in [5.74, 6) is 0. The minimum absolute atomic E-state index is 0.853. The summed E-state index contributed by atoms with van der Waals surface area (Å²) in [6.45, 7) is 0. The second-order valence-corrected chi connectivity index (χ2v) is 13.7. The molecule has 9 aromatic carbocycles. The fourth-order valence-electron chi connectivity index (χ4n) is 7.76. The van der Waals surface area contributed by atoms with Gasteiger partial charge in [0.05, 0.1) is 0 Å². The highest BCUT2D eigenvalue weighted by Gasteiger charge is 2.19. The van der Waals surface area contributed by atoms with Crippen LogP contribution in [0.4, 0.5) is 17.1 Å². The number of rotatable bonds is 7. The maximum Gasteiger partial charge on any atom is 0.143 e. The van der Waals surface area contributed by atoms with Gasteiger partial charge < -0.3 is 9.32 Å². The average Bonchev–Trinajstić information content (AvgIpc) is 3.61. The molecule has 0 saturated heterocycles. The molecule has 10 rings (SSSR count). The van der Waals surface area contributed by atoms with E-state index < -0.39 is 0 Å². The lowest BCUT2D eigenvalue weighted by atomic mass is 9.94. The SMILES string of the molecule is c1ccc(-c2ccc(-c3c4ccccc4cc4c3oc3cc(N(c5ccc(-c6ccccc6)cc5)c5ccc(-c6ccccc6)cc5)ccc34)cc2)cc1. The summed E-state index contributed by atoms with van der Waals surface area (Å²) in [4.78, 5) is 2.32. The molecule has 0 radical (unpaired) electrons. The molecule has 2 heteroatoms. The molecule has 0 N–H and O–H groups in total. The van der Waals surface area contributed by atoms with Crippen LogP contribution in [0.3, 0.4) is 0 Å². The van der Waals surface area contributed by atoms with E-state index in [1.165, 1.54) is 44.2 Å². The normalized spacial score (nSPS) is 11.3. The van der Waals surface area contributed by atoms with E-state index in [1.54, 1.807) is 0 Å². The van der Waals surface area contributed by atoms with Crippen molar-refractivity contribution in [3.05, 3.63) is 212 Å². The van der Waals surface area contributed by atoms with Gasteiger partial charge in [-0.3, -0.25) is 0 Å². The number of furan rings is 1. The summed E-state index contributed by atoms with van der Waals surface area (Å²) >= 11 is 0. The second kappa shape index (κ2) is 13.4. The quantitative estimate of drug-likeness (QED) is 0.166. The Labute approximate surface area is 314 Å². The summed E-state index contributed by atoms with van der Waals surface area (Å²) in [5.41, 5.74) is 14.3. The number of hydrogen-bond donors (Lipinski definition) is 0. The smallest absolute Gasteiger partial charge is 0.143 e. The van der Waals surface area contributed by atoms with Gasteiger partial charge in [0.2, 0.25) is 0 Å². The van der Waals surface area contributed by atoms with Gasteiger partial charge >= 0.3 is 0 Å². The highest BCUT2D eigenvalue weighted by Crippen LogP contribution is 2.44. The maximum atomic E-state index is 6.95. The van der Waals surface area contributed by atoms with Crippen LogP contribution in [0.5, 0.6) is 0 Å². The summed E-state index contributed by atoms with van der Waals surface area (Å²) < 4.78 is 6.95. The standard InChI is InChI=1S/C52H35NO/c1-4-12-36(13-5-1)39-20-22-42(23-21-39)51-47-19-11-10-18-43(47)34-49-48-33-32-46(35-50(48)54-52(49)51)53(44-28-24-40(25-29-44)37-14-6-2-7-15-37)45-30-26-41(27-31-45)38-16-8-3-9-17-38/h1-35H. The van der Waals surface area contributed by atoms with E-state index in [4.69, 9.17) is 4.42 Å². The van der Waals surface area contributed by atoms with Gasteiger partial charge in [-0.2, -0.15) is 0 Å². The molecular formula is C52H35NO. The average molecular weight is 690 g/mol. The molecule has 0 fully saturated rings. The Kier molecular flexibility index (Phi) is 7.85. The van der Waals surface area contributed by atoms with Crippen LogP contribution >= 0.6 is 0 Å². The van der Waals surface area contributed by atoms with Gasteiger partial charge in [-0.25, -0.2) is 0 Å². The van der Waals surface area contributed by atoms with Crippen LogP contribution in [0.2, 0.25) is 0 Å². The first kappa shape index (κ1) is 31.6. The molecule has 0 aliphatic carbocycles. The predicted molar refractivity (Wildman–Crippen MR) is 228 cm³/mol. The molecule has 0 atom stereocenters. The molecule has 0 aliphatic rings. The van der Waals surface area contributed by atoms with Crippen molar-refractivity contribution >= 4 is 49.8 Å². The Morgan fingerprint density at radius 2 is 0.722 bits per heavy atom. The molecular weight excluding hydrogens is 655 g/mol. The monoisotopic (exact) mass is 689 g/mol. The lowest BCUT2D eigenvalue weighted by Gasteiger charge is -2.26. The maximum absolute atomic E-state index is 6.95. The Morgan fingerprint density at radius 3 is 1.26 bits per heavy atom. The van der Waals surface area contributed by atoms with Crippen LogP contribution in [-0.2, 0) is 0 Å². The van der Waals surface area contributed by atoms with Gasteiger partial charge in [0, 0.05) is 39.5 Å². The fourth-order valence-corrected chi connectivity index (χ4v) is 7.76. The van der Waals surface area contributed by atoms with Crippen molar-refractivity contribution in [2.24, 2.45) is 0 Å². The predicted octanol–water partition coefficient (Wildman–Crippen LogP) is 14.9. The molecule has 0 bridgehead atoms. The van der Waals surface area contributed by atoms with Crippen molar-refractivity contribution in [1.29, 1.82) is 0 Å². The summed E-state index contributed by atoms with van der Waals surface area (Å²) in [7, 11) is 0.